The molecule has 0 saturated carbocycles. The van der Waals surface area contributed by atoms with Gasteiger partial charge in [0.1, 0.15) is 18.9 Å². The van der Waals surface area contributed by atoms with E-state index in [1.54, 1.807) is 21.3 Å². The Kier molecular flexibility index (Phi) is 86.2. The number of carbonyl (C=O) groups excluding carboxylic acids is 5. The van der Waals surface area contributed by atoms with Crippen molar-refractivity contribution in [3.8, 4) is 0 Å². The Bertz CT molecular complexity index is 1000. The normalized spacial score (nSPS) is 10.0. The van der Waals surface area contributed by atoms with E-state index in [-0.39, 0.29) is 30.7 Å². The van der Waals surface area contributed by atoms with Crippen LogP contribution < -0.4 is 0 Å². The third-order valence-corrected chi connectivity index (χ3v) is 10.5. The van der Waals surface area contributed by atoms with Crippen molar-refractivity contribution in [2.24, 2.45) is 5.92 Å². The summed E-state index contributed by atoms with van der Waals surface area (Å²) in [6.45, 7) is 13.6. The summed E-state index contributed by atoms with van der Waals surface area (Å²) in [5.74, 6) is -0.531. The van der Waals surface area contributed by atoms with Gasteiger partial charge in [-0.1, -0.05) is 118 Å². The molecule has 0 aliphatic heterocycles. The predicted octanol–water partition coefficient (Wildman–Crippen LogP) is 12.5. The first-order valence-corrected chi connectivity index (χ1v) is 27.0. The van der Waals surface area contributed by atoms with Crippen LogP contribution in [0.2, 0.25) is 0 Å². The maximum absolute atomic E-state index is 11.3. The van der Waals surface area contributed by atoms with E-state index in [0.717, 1.165) is 154 Å². The molecule has 2 N–H and O–H groups in total. The fourth-order valence-corrected chi connectivity index (χ4v) is 6.38. The molecule has 418 valence electrons. The zero-order valence-corrected chi connectivity index (χ0v) is 46.2. The number of esters is 2. The van der Waals surface area contributed by atoms with Crippen LogP contribution in [0.15, 0.2) is 0 Å². The minimum Gasteiger partial charge on any atom is -0.483 e. The lowest BCUT2D eigenvalue weighted by Crippen LogP contribution is -2.22. The number of nitrogens with zero attached hydrogens (tertiary/aromatic N) is 1. The van der Waals surface area contributed by atoms with E-state index in [9.17, 15) is 28.8 Å². The summed E-state index contributed by atoms with van der Waals surface area (Å²) in [6, 6.07) is 0. The summed E-state index contributed by atoms with van der Waals surface area (Å²) in [5.41, 5.74) is 0. The number of rotatable bonds is 45. The van der Waals surface area contributed by atoms with Gasteiger partial charge in [0, 0.05) is 79.8 Å². The molecule has 0 saturated heterocycles. The molecule has 15 heteroatoms. The minimum absolute atomic E-state index is 0.0340. The number of ether oxygens (including phenoxy) is 5. The highest BCUT2D eigenvalue weighted by Crippen LogP contribution is 2.15. The van der Waals surface area contributed by atoms with Crippen molar-refractivity contribution in [3.05, 3.63) is 0 Å². The third-order valence-electron chi connectivity index (χ3n) is 10.5. The SMILES string of the molecule is CCCCCCCC(=O)OCCCCCOC.CCCCCCCC(=O)OCCCCCOC.CCCCCCCC=O.CCCN(C)CCC(=O)O.COCCCCCC(CC=O)CC=O.O=CO. The highest BCUT2D eigenvalue weighted by molar-refractivity contribution is 5.69. The van der Waals surface area contributed by atoms with E-state index in [0.29, 0.717) is 45.4 Å². The molecule has 0 unspecified atom stereocenters. The Morgan fingerprint density at radius 3 is 1.16 bits per heavy atom. The van der Waals surface area contributed by atoms with Crippen molar-refractivity contribution in [2.75, 3.05) is 74.5 Å². The summed E-state index contributed by atoms with van der Waals surface area (Å²) in [5, 5.41) is 15.2. The Morgan fingerprint density at radius 1 is 0.457 bits per heavy atom. The molecule has 15 nitrogen and oxygen atoms in total. The fraction of sp³-hybridized carbons (Fsp3) is 0.873. The zero-order chi connectivity index (χ0) is 53.8. The van der Waals surface area contributed by atoms with E-state index in [4.69, 9.17) is 38.7 Å². The smallest absolute Gasteiger partial charge is 0.305 e. The number of hydrogen-bond acceptors (Lipinski definition) is 13. The van der Waals surface area contributed by atoms with Crippen LogP contribution in [0.3, 0.4) is 0 Å². The Hall–Kier alpha value is -3.27. The van der Waals surface area contributed by atoms with Crippen LogP contribution in [0.1, 0.15) is 233 Å². The maximum Gasteiger partial charge on any atom is 0.305 e. The molecule has 0 aromatic carbocycles. The molecule has 0 aliphatic carbocycles. The van der Waals surface area contributed by atoms with Gasteiger partial charge in [-0.3, -0.25) is 19.2 Å². The van der Waals surface area contributed by atoms with E-state index in [1.165, 1.54) is 64.2 Å². The molecule has 0 aromatic rings. The summed E-state index contributed by atoms with van der Waals surface area (Å²) in [4.78, 5) is 73.5. The minimum atomic E-state index is -0.719. The van der Waals surface area contributed by atoms with Gasteiger partial charge in [-0.05, 0) is 96.6 Å². The monoisotopic (exact) mass is 1010 g/mol. The highest BCUT2D eigenvalue weighted by atomic mass is 16.5. The molecule has 0 fully saturated rings. The van der Waals surface area contributed by atoms with Gasteiger partial charge in [0.2, 0.25) is 0 Å². The van der Waals surface area contributed by atoms with Gasteiger partial charge >= 0.3 is 17.9 Å². The van der Waals surface area contributed by atoms with Gasteiger partial charge in [-0.15, -0.1) is 0 Å². The van der Waals surface area contributed by atoms with E-state index in [1.807, 2.05) is 11.9 Å². The van der Waals surface area contributed by atoms with Crippen LogP contribution in [0, 0.1) is 5.92 Å². The van der Waals surface area contributed by atoms with Crippen molar-refractivity contribution in [2.45, 2.75) is 233 Å². The van der Waals surface area contributed by atoms with Gasteiger partial charge < -0.3 is 53.2 Å². The number of carbonyl (C=O) groups is 7. The number of carboxylic acid groups (broad SMARTS) is 2. The Morgan fingerprint density at radius 2 is 0.814 bits per heavy atom. The average molecular weight is 1010 g/mol. The number of aliphatic carboxylic acids is 1. The summed E-state index contributed by atoms with van der Waals surface area (Å²) in [6.07, 6.45) is 35.4. The van der Waals surface area contributed by atoms with Crippen LogP contribution in [0.25, 0.3) is 0 Å². The Labute approximate surface area is 428 Å². The van der Waals surface area contributed by atoms with Crippen molar-refractivity contribution in [1.82, 2.24) is 4.90 Å². The second-order valence-corrected chi connectivity index (χ2v) is 17.3. The third kappa shape index (κ3) is 91.1. The average Bonchev–Trinajstić information content (AvgIpc) is 3.34. The van der Waals surface area contributed by atoms with Gasteiger partial charge in [0.05, 0.1) is 19.6 Å². The van der Waals surface area contributed by atoms with Gasteiger partial charge in [0.25, 0.3) is 6.47 Å². The predicted molar refractivity (Wildman–Crippen MR) is 283 cm³/mol. The first kappa shape index (κ1) is 78.2. The molecule has 0 aliphatic rings. The van der Waals surface area contributed by atoms with Crippen molar-refractivity contribution >= 4 is 43.2 Å². The standard InChI is InChI=1S/2C14H28O3.C11H20O3.C8H16O.C7H15NO2.CH2O2/c2*1-3-4-5-6-8-11-14(15)17-13-10-7-9-12-16-2;1-14-10-4-2-3-5-11(6-8-12)7-9-13;1-2-3-4-5-6-7-8-9;1-3-5-8(2)6-4-7(9)10;2-1-3/h2*3-13H2,1-2H3;8-9,11H,2-7,10H2,1H3;8H,2-7H2,1H3;3-6H2,1-2H3,(H,9,10);1H,(H,2,3). The van der Waals surface area contributed by atoms with Crippen molar-refractivity contribution in [1.29, 1.82) is 0 Å². The first-order chi connectivity index (χ1) is 34.0. The largest absolute Gasteiger partial charge is 0.483 e. The number of hydrogen-bond donors (Lipinski definition) is 2. The second kappa shape index (κ2) is 77.2. The van der Waals surface area contributed by atoms with Gasteiger partial charge in [0.15, 0.2) is 0 Å². The topological polar surface area (TPSA) is 209 Å². The van der Waals surface area contributed by atoms with Crippen LogP contribution in [-0.4, -0.2) is 133 Å². The molecule has 0 rings (SSSR count). The lowest BCUT2D eigenvalue weighted by Gasteiger charge is -2.12. The molecule has 0 spiro atoms. The second-order valence-electron chi connectivity index (χ2n) is 17.3. The van der Waals surface area contributed by atoms with E-state index < -0.39 is 5.97 Å². The van der Waals surface area contributed by atoms with Crippen LogP contribution >= 0.6 is 0 Å². The number of aldehydes is 3. The lowest BCUT2D eigenvalue weighted by atomic mass is 9.96. The van der Waals surface area contributed by atoms with Crippen LogP contribution in [0.4, 0.5) is 0 Å². The zero-order valence-electron chi connectivity index (χ0n) is 46.2. The molecular weight excluding hydrogens is 899 g/mol. The quantitative estimate of drug-likeness (QED) is 0.0330. The van der Waals surface area contributed by atoms with Crippen LogP contribution in [0.5, 0.6) is 0 Å². The summed E-state index contributed by atoms with van der Waals surface area (Å²) >= 11 is 0. The molecule has 0 bridgehead atoms. The van der Waals surface area contributed by atoms with E-state index in [2.05, 4.69) is 27.7 Å². The van der Waals surface area contributed by atoms with Crippen molar-refractivity contribution < 1.29 is 67.5 Å². The van der Waals surface area contributed by atoms with Gasteiger partial charge in [-0.25, -0.2) is 0 Å². The summed E-state index contributed by atoms with van der Waals surface area (Å²) in [7, 11) is 7.05. The molecular formula is C55H109NO14. The highest BCUT2D eigenvalue weighted by Gasteiger charge is 2.07. The molecule has 0 radical (unpaired) electrons. The fourth-order valence-electron chi connectivity index (χ4n) is 6.38. The number of methoxy groups -OCH3 is 3. The molecule has 70 heavy (non-hydrogen) atoms. The first-order valence-electron chi connectivity index (χ1n) is 27.0. The lowest BCUT2D eigenvalue weighted by molar-refractivity contribution is -0.144. The van der Waals surface area contributed by atoms with Crippen molar-refractivity contribution in [3.63, 3.8) is 0 Å². The number of carboxylic acids is 1. The molecule has 0 amide bonds. The summed E-state index contributed by atoms with van der Waals surface area (Å²) < 4.78 is 25.1. The molecule has 0 atom stereocenters. The Balaban J connectivity index is -0.000000184. The van der Waals surface area contributed by atoms with E-state index >= 15 is 0 Å². The van der Waals surface area contributed by atoms with Gasteiger partial charge in [-0.2, -0.15) is 0 Å². The van der Waals surface area contributed by atoms with Crippen LogP contribution in [-0.2, 0) is 57.2 Å². The number of unbranched alkanes of at least 4 members (excludes halogenated alkanes) is 19. The molecule has 0 heterocycles. The molecule has 0 aromatic heterocycles. The maximum atomic E-state index is 11.3.